The summed E-state index contributed by atoms with van der Waals surface area (Å²) < 4.78 is 1.44. The van der Waals surface area contributed by atoms with Crippen LogP contribution in [-0.2, 0) is 6.54 Å². The molecule has 25 heavy (non-hydrogen) atoms. The highest BCUT2D eigenvalue weighted by Gasteiger charge is 2.13. The zero-order chi connectivity index (χ0) is 17.2. The van der Waals surface area contributed by atoms with E-state index < -0.39 is 0 Å². The van der Waals surface area contributed by atoms with Crippen molar-refractivity contribution >= 4 is 22.5 Å². The van der Waals surface area contributed by atoms with Gasteiger partial charge in [-0.2, -0.15) is 5.10 Å². The Kier molecular flexibility index (Phi) is 3.99. The molecule has 3 aromatic heterocycles. The van der Waals surface area contributed by atoms with Gasteiger partial charge in [0.2, 0.25) is 0 Å². The lowest BCUT2D eigenvalue weighted by atomic mass is 10.1. The van der Waals surface area contributed by atoms with Gasteiger partial charge < -0.3 is 0 Å². The van der Waals surface area contributed by atoms with Crippen LogP contribution in [0.3, 0.4) is 0 Å². The maximum atomic E-state index is 12.8. The lowest BCUT2D eigenvalue weighted by Crippen LogP contribution is -2.24. The van der Waals surface area contributed by atoms with Gasteiger partial charge in [0, 0.05) is 29.2 Å². The molecule has 122 valence electrons. The number of rotatable bonds is 3. The van der Waals surface area contributed by atoms with E-state index in [-0.39, 0.29) is 5.56 Å². The van der Waals surface area contributed by atoms with Crippen molar-refractivity contribution in [2.24, 2.45) is 0 Å². The molecule has 0 N–H and O–H groups in total. The fraction of sp³-hybridized carbons (Fsp3) is 0.0526. The summed E-state index contributed by atoms with van der Waals surface area (Å²) >= 11 is 6.12. The normalized spacial score (nSPS) is 10.9. The summed E-state index contributed by atoms with van der Waals surface area (Å²) in [5, 5.41) is 5.69. The monoisotopic (exact) mass is 348 g/mol. The van der Waals surface area contributed by atoms with Crippen LogP contribution in [0.25, 0.3) is 22.2 Å². The van der Waals surface area contributed by atoms with Crippen LogP contribution in [0, 0.1) is 0 Å². The molecule has 0 radical (unpaired) electrons. The molecule has 0 aliphatic rings. The Labute approximate surface area is 148 Å². The molecule has 0 atom stereocenters. The first-order valence-electron chi connectivity index (χ1n) is 7.73. The zero-order valence-corrected chi connectivity index (χ0v) is 13.9. The van der Waals surface area contributed by atoms with E-state index in [2.05, 4.69) is 15.1 Å². The molecule has 0 aliphatic carbocycles. The van der Waals surface area contributed by atoms with Crippen molar-refractivity contribution < 1.29 is 0 Å². The summed E-state index contributed by atoms with van der Waals surface area (Å²) in [6.45, 7) is 0.338. The summed E-state index contributed by atoms with van der Waals surface area (Å²) in [6.07, 6.45) is 5.07. The third kappa shape index (κ3) is 3.02. The summed E-state index contributed by atoms with van der Waals surface area (Å²) in [5.41, 5.74) is 2.73. The van der Waals surface area contributed by atoms with Crippen LogP contribution >= 0.6 is 11.6 Å². The van der Waals surface area contributed by atoms with Gasteiger partial charge in [-0.15, -0.1) is 0 Å². The van der Waals surface area contributed by atoms with Crippen LogP contribution in [-0.4, -0.2) is 19.7 Å². The van der Waals surface area contributed by atoms with E-state index in [1.807, 2.05) is 30.3 Å². The lowest BCUT2D eigenvalue weighted by Gasteiger charge is -2.11. The Morgan fingerprint density at radius 2 is 1.92 bits per heavy atom. The number of aromatic nitrogens is 4. The SMILES string of the molecule is O=c1c2cccnc2c(-c2cccc(Cl)c2)nn1Cc1cccnc1. The van der Waals surface area contributed by atoms with Crippen LogP contribution in [0.2, 0.25) is 5.02 Å². The van der Waals surface area contributed by atoms with E-state index in [0.717, 1.165) is 11.1 Å². The van der Waals surface area contributed by atoms with Gasteiger partial charge in [-0.05, 0) is 35.9 Å². The van der Waals surface area contributed by atoms with Crippen molar-refractivity contribution in [2.75, 3.05) is 0 Å². The van der Waals surface area contributed by atoms with E-state index in [4.69, 9.17) is 11.6 Å². The molecule has 4 rings (SSSR count). The Balaban J connectivity index is 1.96. The molecule has 0 unspecified atom stereocenters. The first-order valence-corrected chi connectivity index (χ1v) is 8.11. The van der Waals surface area contributed by atoms with Crippen molar-refractivity contribution in [1.29, 1.82) is 0 Å². The summed E-state index contributed by atoms with van der Waals surface area (Å²) in [6, 6.07) is 14.6. The molecule has 6 heteroatoms. The number of halogens is 1. The standard InChI is InChI=1S/C19H13ClN4O/c20-15-6-1-5-14(10-15)17-18-16(7-3-9-22-18)19(25)24(23-17)12-13-4-2-8-21-11-13/h1-11H,12H2. The fourth-order valence-corrected chi connectivity index (χ4v) is 2.91. The number of fused-ring (bicyclic) bond motifs is 1. The van der Waals surface area contributed by atoms with Crippen molar-refractivity contribution in [1.82, 2.24) is 19.7 Å². The molecule has 5 nitrogen and oxygen atoms in total. The third-order valence-corrected chi connectivity index (χ3v) is 4.11. The molecule has 0 saturated heterocycles. The molecule has 0 bridgehead atoms. The minimum Gasteiger partial charge on any atom is -0.267 e. The lowest BCUT2D eigenvalue weighted by molar-refractivity contribution is 0.648. The third-order valence-electron chi connectivity index (χ3n) is 3.87. The van der Waals surface area contributed by atoms with E-state index in [9.17, 15) is 4.79 Å². The van der Waals surface area contributed by atoms with E-state index in [1.54, 1.807) is 36.8 Å². The number of nitrogens with zero attached hydrogens (tertiary/aromatic N) is 4. The highest BCUT2D eigenvalue weighted by Crippen LogP contribution is 2.25. The van der Waals surface area contributed by atoms with Crippen molar-refractivity contribution in [3.8, 4) is 11.3 Å². The van der Waals surface area contributed by atoms with Gasteiger partial charge in [0.1, 0.15) is 11.2 Å². The maximum absolute atomic E-state index is 12.8. The molecule has 0 spiro atoms. The zero-order valence-electron chi connectivity index (χ0n) is 13.1. The molecule has 3 heterocycles. The molecule has 0 fully saturated rings. The highest BCUT2D eigenvalue weighted by molar-refractivity contribution is 6.30. The molecule has 0 amide bonds. The van der Waals surface area contributed by atoms with E-state index >= 15 is 0 Å². The molecule has 0 saturated carbocycles. The van der Waals surface area contributed by atoms with Crippen LogP contribution in [0.15, 0.2) is 71.9 Å². The Bertz CT molecular complexity index is 1110. The van der Waals surface area contributed by atoms with Crippen LogP contribution in [0.4, 0.5) is 0 Å². The molecule has 0 aliphatic heterocycles. The quantitative estimate of drug-likeness (QED) is 0.568. The van der Waals surface area contributed by atoms with E-state index in [0.29, 0.717) is 28.2 Å². The van der Waals surface area contributed by atoms with Crippen molar-refractivity contribution in [3.05, 3.63) is 88.1 Å². The second kappa shape index (κ2) is 6.45. The Hall–Kier alpha value is -3.05. The predicted molar refractivity (Wildman–Crippen MR) is 97.6 cm³/mol. The topological polar surface area (TPSA) is 60.7 Å². The van der Waals surface area contributed by atoms with Crippen molar-refractivity contribution in [2.45, 2.75) is 6.54 Å². The minimum atomic E-state index is -0.183. The average Bonchev–Trinajstić information content (AvgIpc) is 2.65. The molecular weight excluding hydrogens is 336 g/mol. The van der Waals surface area contributed by atoms with Gasteiger partial charge in [0.05, 0.1) is 11.9 Å². The number of benzene rings is 1. The van der Waals surface area contributed by atoms with Crippen molar-refractivity contribution in [3.63, 3.8) is 0 Å². The summed E-state index contributed by atoms with van der Waals surface area (Å²) in [7, 11) is 0. The second-order valence-corrected chi connectivity index (χ2v) is 6.02. The number of pyridine rings is 2. The largest absolute Gasteiger partial charge is 0.276 e. The Morgan fingerprint density at radius 3 is 2.72 bits per heavy atom. The van der Waals surface area contributed by atoms with Crippen LogP contribution < -0.4 is 5.56 Å². The second-order valence-electron chi connectivity index (χ2n) is 5.58. The molecule has 4 aromatic rings. The van der Waals surface area contributed by atoms with E-state index in [1.165, 1.54) is 4.68 Å². The fourth-order valence-electron chi connectivity index (χ4n) is 2.72. The first-order chi connectivity index (χ1) is 12.2. The average molecular weight is 349 g/mol. The first kappa shape index (κ1) is 15.5. The predicted octanol–water partition coefficient (Wildman–Crippen LogP) is 3.56. The van der Waals surface area contributed by atoms with Crippen LogP contribution in [0.5, 0.6) is 0 Å². The summed E-state index contributed by atoms with van der Waals surface area (Å²) in [5.74, 6) is 0. The molecular formula is C19H13ClN4O. The number of hydrogen-bond donors (Lipinski definition) is 0. The smallest absolute Gasteiger partial charge is 0.267 e. The minimum absolute atomic E-state index is 0.183. The van der Waals surface area contributed by atoms with Gasteiger partial charge in [-0.3, -0.25) is 14.8 Å². The maximum Gasteiger partial charge on any atom is 0.276 e. The summed E-state index contributed by atoms with van der Waals surface area (Å²) in [4.78, 5) is 21.3. The van der Waals surface area contributed by atoms with Gasteiger partial charge in [-0.1, -0.05) is 29.8 Å². The molecule has 1 aromatic carbocycles. The van der Waals surface area contributed by atoms with Gasteiger partial charge in [0.25, 0.3) is 5.56 Å². The Morgan fingerprint density at radius 1 is 1.04 bits per heavy atom. The highest BCUT2D eigenvalue weighted by atomic mass is 35.5. The van der Waals surface area contributed by atoms with Gasteiger partial charge in [0.15, 0.2) is 0 Å². The number of hydrogen-bond acceptors (Lipinski definition) is 4. The van der Waals surface area contributed by atoms with Crippen LogP contribution in [0.1, 0.15) is 5.56 Å². The van der Waals surface area contributed by atoms with Gasteiger partial charge in [-0.25, -0.2) is 4.68 Å². The van der Waals surface area contributed by atoms with Gasteiger partial charge >= 0.3 is 0 Å².